The molecule has 0 radical (unpaired) electrons. The van der Waals surface area contributed by atoms with Crippen LogP contribution in [0.15, 0.2) is 55.0 Å². The lowest BCUT2D eigenvalue weighted by Gasteiger charge is -2.36. The highest BCUT2D eigenvalue weighted by molar-refractivity contribution is 5.73. The number of carbonyl (C=O) groups is 1. The Morgan fingerprint density at radius 3 is 2.60 bits per heavy atom. The largest absolute Gasteiger partial charge is 0.490 e. The number of nitrogens with zero attached hydrogens (tertiary/aromatic N) is 4. The van der Waals surface area contributed by atoms with Crippen LogP contribution in [0.25, 0.3) is 0 Å². The average molecular weight is 489 g/mol. The normalized spacial score (nSPS) is 15.0. The first-order chi connectivity index (χ1) is 16.6. The van der Waals surface area contributed by atoms with Crippen LogP contribution in [0, 0.1) is 17.1 Å². The van der Waals surface area contributed by atoms with Gasteiger partial charge in [-0.25, -0.2) is 14.2 Å². The Morgan fingerprint density at radius 2 is 2.00 bits per heavy atom. The van der Waals surface area contributed by atoms with Gasteiger partial charge in [-0.1, -0.05) is 18.2 Å². The molecule has 0 fully saturated rings. The molecule has 0 saturated heterocycles. The smallest absolute Gasteiger partial charge is 0.475 e. The minimum atomic E-state index is -5.08. The Morgan fingerprint density at radius 1 is 1.29 bits per heavy atom. The van der Waals surface area contributed by atoms with Crippen LogP contribution in [0.1, 0.15) is 22.4 Å². The standard InChI is InChI=1S/C22H22FN5.C2HF3O2/c1-27-15-25-12-20(27)14-28-13-19(26-11-17-4-2-3-5-21(17)23)9-18-8-16(10-24)6-7-22(18)28;3-2(4,5)1(6)7/h2-8,12,15,19,26H,9,11,13-14H2,1H3;(H,6,7). The van der Waals surface area contributed by atoms with E-state index in [9.17, 15) is 22.8 Å². The number of halogens is 4. The summed E-state index contributed by atoms with van der Waals surface area (Å²) in [7, 11) is 1.99. The summed E-state index contributed by atoms with van der Waals surface area (Å²) in [6, 6.07) is 15.1. The van der Waals surface area contributed by atoms with Crippen molar-refractivity contribution in [3.63, 3.8) is 0 Å². The van der Waals surface area contributed by atoms with Crippen LogP contribution in [0.5, 0.6) is 0 Å². The molecule has 3 aromatic rings. The maximum Gasteiger partial charge on any atom is 0.490 e. The first-order valence-electron chi connectivity index (χ1n) is 10.6. The number of carboxylic acids is 1. The highest BCUT2D eigenvalue weighted by Gasteiger charge is 2.38. The Labute approximate surface area is 199 Å². The van der Waals surface area contributed by atoms with Crippen LogP contribution >= 0.6 is 0 Å². The molecule has 2 aromatic carbocycles. The van der Waals surface area contributed by atoms with Crippen LogP contribution < -0.4 is 10.2 Å². The van der Waals surface area contributed by atoms with Crippen molar-refractivity contribution < 1.29 is 27.5 Å². The van der Waals surface area contributed by atoms with Crippen molar-refractivity contribution in [3.05, 3.63) is 83.2 Å². The lowest BCUT2D eigenvalue weighted by molar-refractivity contribution is -0.192. The van der Waals surface area contributed by atoms with Gasteiger partial charge in [0.1, 0.15) is 5.82 Å². The maximum atomic E-state index is 14.0. The zero-order valence-corrected chi connectivity index (χ0v) is 18.8. The fourth-order valence-corrected chi connectivity index (χ4v) is 3.74. The highest BCUT2D eigenvalue weighted by atomic mass is 19.4. The van der Waals surface area contributed by atoms with Gasteiger partial charge >= 0.3 is 12.1 Å². The number of alkyl halides is 3. The van der Waals surface area contributed by atoms with Crippen LogP contribution in [0.4, 0.5) is 23.2 Å². The zero-order chi connectivity index (χ0) is 25.6. The van der Waals surface area contributed by atoms with Gasteiger partial charge in [-0.05, 0) is 36.2 Å². The molecule has 35 heavy (non-hydrogen) atoms. The van der Waals surface area contributed by atoms with E-state index in [2.05, 4.69) is 21.3 Å². The van der Waals surface area contributed by atoms with Crippen LogP contribution in [-0.4, -0.2) is 39.4 Å². The molecule has 0 amide bonds. The quantitative estimate of drug-likeness (QED) is 0.530. The van der Waals surface area contributed by atoms with Gasteiger partial charge in [-0.15, -0.1) is 0 Å². The summed E-state index contributed by atoms with van der Waals surface area (Å²) >= 11 is 0. The number of hydrogen-bond acceptors (Lipinski definition) is 5. The first-order valence-corrected chi connectivity index (χ1v) is 10.6. The third-order valence-corrected chi connectivity index (χ3v) is 5.51. The van der Waals surface area contributed by atoms with E-state index < -0.39 is 12.1 Å². The molecule has 4 rings (SSSR count). The zero-order valence-electron chi connectivity index (χ0n) is 18.8. The molecule has 11 heteroatoms. The summed E-state index contributed by atoms with van der Waals surface area (Å²) in [6.45, 7) is 2.01. The molecule has 7 nitrogen and oxygen atoms in total. The summed E-state index contributed by atoms with van der Waals surface area (Å²) in [5.74, 6) is -2.95. The maximum absolute atomic E-state index is 14.0. The minimum Gasteiger partial charge on any atom is -0.475 e. The van der Waals surface area contributed by atoms with Gasteiger partial charge in [0.15, 0.2) is 0 Å². The molecule has 1 aromatic heterocycles. The number of nitriles is 1. The Kier molecular flexibility index (Phi) is 8.09. The molecule has 1 aliphatic rings. The number of nitrogens with one attached hydrogen (secondary N) is 1. The van der Waals surface area contributed by atoms with E-state index in [0.29, 0.717) is 17.7 Å². The number of benzene rings is 2. The number of aromatic nitrogens is 2. The number of aryl methyl sites for hydroxylation is 1. The van der Waals surface area contributed by atoms with Gasteiger partial charge in [0.2, 0.25) is 0 Å². The second-order valence-corrected chi connectivity index (χ2v) is 8.01. The van der Waals surface area contributed by atoms with E-state index in [0.717, 1.165) is 36.5 Å². The molecule has 0 bridgehead atoms. The van der Waals surface area contributed by atoms with Gasteiger partial charge in [0.25, 0.3) is 0 Å². The monoisotopic (exact) mass is 489 g/mol. The van der Waals surface area contributed by atoms with Crippen molar-refractivity contribution in [2.24, 2.45) is 7.05 Å². The van der Waals surface area contributed by atoms with E-state index in [1.165, 1.54) is 6.07 Å². The second kappa shape index (κ2) is 11.0. The number of rotatable bonds is 5. The Hall–Kier alpha value is -3.91. The topological polar surface area (TPSA) is 94.2 Å². The van der Waals surface area contributed by atoms with Crippen LogP contribution in [0.2, 0.25) is 0 Å². The van der Waals surface area contributed by atoms with Crippen LogP contribution in [-0.2, 0) is 31.4 Å². The molecular formula is C24H23F4N5O2. The Balaban J connectivity index is 0.000000429. The summed E-state index contributed by atoms with van der Waals surface area (Å²) in [6.07, 6.45) is -0.603. The van der Waals surface area contributed by atoms with Gasteiger partial charge in [-0.2, -0.15) is 18.4 Å². The summed E-state index contributed by atoms with van der Waals surface area (Å²) < 4.78 is 47.7. The summed E-state index contributed by atoms with van der Waals surface area (Å²) in [4.78, 5) is 15.4. The number of imidazole rings is 1. The van der Waals surface area contributed by atoms with E-state index in [4.69, 9.17) is 9.90 Å². The van der Waals surface area contributed by atoms with E-state index in [-0.39, 0.29) is 11.9 Å². The molecule has 184 valence electrons. The second-order valence-electron chi connectivity index (χ2n) is 8.01. The predicted octanol–water partition coefficient (Wildman–Crippen LogP) is 3.79. The third kappa shape index (κ3) is 6.80. The van der Waals surface area contributed by atoms with Crippen molar-refractivity contribution in [1.82, 2.24) is 14.9 Å². The van der Waals surface area contributed by atoms with E-state index in [1.807, 2.05) is 42.1 Å². The van der Waals surface area contributed by atoms with Gasteiger partial charge in [0.05, 0.1) is 30.2 Å². The van der Waals surface area contributed by atoms with Crippen molar-refractivity contribution >= 4 is 11.7 Å². The van der Waals surface area contributed by atoms with Crippen molar-refractivity contribution in [3.8, 4) is 6.07 Å². The van der Waals surface area contributed by atoms with Crippen molar-refractivity contribution in [2.45, 2.75) is 31.7 Å². The SMILES string of the molecule is Cn1cncc1CN1CC(NCc2ccccc2F)Cc2cc(C#N)ccc21.O=C(O)C(F)(F)F. The number of fused-ring (bicyclic) bond motifs is 1. The average Bonchev–Trinajstić information content (AvgIpc) is 3.22. The van der Waals surface area contributed by atoms with Gasteiger partial charge < -0.3 is 19.9 Å². The predicted molar refractivity (Wildman–Crippen MR) is 120 cm³/mol. The van der Waals surface area contributed by atoms with Crippen molar-refractivity contribution in [2.75, 3.05) is 11.4 Å². The number of aliphatic carboxylic acids is 1. The molecule has 2 N–H and O–H groups in total. The van der Waals surface area contributed by atoms with E-state index in [1.54, 1.807) is 18.5 Å². The molecule has 0 saturated carbocycles. The summed E-state index contributed by atoms with van der Waals surface area (Å²) in [5, 5.41) is 19.9. The van der Waals surface area contributed by atoms with Crippen LogP contribution in [0.3, 0.4) is 0 Å². The molecule has 1 aliphatic heterocycles. The minimum absolute atomic E-state index is 0.161. The van der Waals surface area contributed by atoms with Gasteiger partial charge in [-0.3, -0.25) is 0 Å². The lowest BCUT2D eigenvalue weighted by Crippen LogP contribution is -2.46. The number of carboxylic acid groups (broad SMARTS) is 1. The third-order valence-electron chi connectivity index (χ3n) is 5.51. The molecule has 1 unspecified atom stereocenters. The number of hydrogen-bond donors (Lipinski definition) is 2. The highest BCUT2D eigenvalue weighted by Crippen LogP contribution is 2.29. The number of anilines is 1. The molecule has 0 spiro atoms. The van der Waals surface area contributed by atoms with Gasteiger partial charge in [0, 0.05) is 43.6 Å². The molecule has 0 aliphatic carbocycles. The first kappa shape index (κ1) is 25.7. The van der Waals surface area contributed by atoms with Crippen molar-refractivity contribution in [1.29, 1.82) is 5.26 Å². The lowest BCUT2D eigenvalue weighted by atomic mass is 9.95. The molecule has 1 atom stereocenters. The fraction of sp³-hybridized carbons (Fsp3) is 0.292. The fourth-order valence-electron chi connectivity index (χ4n) is 3.74. The van der Waals surface area contributed by atoms with E-state index >= 15 is 0 Å². The molecule has 2 heterocycles. The summed E-state index contributed by atoms with van der Waals surface area (Å²) in [5.41, 5.74) is 4.72. The molecular weight excluding hydrogens is 466 g/mol. The Bertz CT molecular complexity index is 1220.